The molecule has 0 radical (unpaired) electrons. The van der Waals surface area contributed by atoms with Gasteiger partial charge in [-0.05, 0) is 60.7 Å². The molecular weight excluding hydrogens is 479 g/mol. The second-order valence-electron chi connectivity index (χ2n) is 9.48. The fourth-order valence-corrected chi connectivity index (χ4v) is 5.10. The number of carbonyl (C=O) groups excluding carboxylic acids is 2. The summed E-state index contributed by atoms with van der Waals surface area (Å²) in [7, 11) is 1.54. The van der Waals surface area contributed by atoms with Gasteiger partial charge in [-0.1, -0.05) is 36.4 Å². The third-order valence-corrected chi connectivity index (χ3v) is 7.32. The van der Waals surface area contributed by atoms with Crippen LogP contribution in [0.4, 0.5) is 18.0 Å². The Morgan fingerprint density at radius 1 is 1.00 bits per heavy atom. The van der Waals surface area contributed by atoms with Gasteiger partial charge in [0.25, 0.3) is 0 Å². The van der Waals surface area contributed by atoms with Crippen LogP contribution in [-0.4, -0.2) is 37.0 Å². The number of benzene rings is 3. The molecule has 3 aromatic carbocycles. The van der Waals surface area contributed by atoms with Crippen molar-refractivity contribution in [1.82, 2.24) is 15.5 Å². The zero-order valence-corrected chi connectivity index (χ0v) is 20.9. The van der Waals surface area contributed by atoms with E-state index in [1.165, 1.54) is 31.3 Å². The smallest absolute Gasteiger partial charge is 0.314 e. The van der Waals surface area contributed by atoms with Gasteiger partial charge in [-0.25, -0.2) is 18.0 Å². The van der Waals surface area contributed by atoms with Crippen LogP contribution in [0, 0.1) is 17.5 Å². The average molecular weight is 510 g/mol. The molecule has 1 heterocycles. The monoisotopic (exact) mass is 509 g/mol. The van der Waals surface area contributed by atoms with Crippen LogP contribution in [-0.2, 0) is 10.2 Å². The lowest BCUT2D eigenvalue weighted by Gasteiger charge is -2.44. The summed E-state index contributed by atoms with van der Waals surface area (Å²) in [6, 6.07) is 16.4. The summed E-state index contributed by atoms with van der Waals surface area (Å²) in [5.41, 5.74) is 2.18. The van der Waals surface area contributed by atoms with Gasteiger partial charge in [0.2, 0.25) is 5.91 Å². The van der Waals surface area contributed by atoms with E-state index >= 15 is 0 Å². The average Bonchev–Trinajstić information content (AvgIpc) is 2.89. The van der Waals surface area contributed by atoms with Crippen LogP contribution in [0.5, 0.6) is 0 Å². The highest BCUT2D eigenvalue weighted by molar-refractivity contribution is 5.79. The zero-order valence-electron chi connectivity index (χ0n) is 20.9. The van der Waals surface area contributed by atoms with Crippen molar-refractivity contribution in [3.05, 3.63) is 95.3 Å². The van der Waals surface area contributed by atoms with E-state index in [0.29, 0.717) is 37.1 Å². The highest BCUT2D eigenvalue weighted by Crippen LogP contribution is 2.41. The number of hydrogen-bond acceptors (Lipinski definition) is 2. The highest BCUT2D eigenvalue weighted by Gasteiger charge is 2.41. The summed E-state index contributed by atoms with van der Waals surface area (Å²) in [6.07, 6.45) is 1.43. The molecule has 5 nitrogen and oxygen atoms in total. The van der Waals surface area contributed by atoms with E-state index in [4.69, 9.17) is 0 Å². The van der Waals surface area contributed by atoms with Crippen LogP contribution in [0.2, 0.25) is 0 Å². The lowest BCUT2D eigenvalue weighted by atomic mass is 9.70. The van der Waals surface area contributed by atoms with Crippen LogP contribution < -0.4 is 10.6 Å². The molecular formula is C29H30F3N3O2. The topological polar surface area (TPSA) is 61.4 Å². The predicted molar refractivity (Wildman–Crippen MR) is 136 cm³/mol. The van der Waals surface area contributed by atoms with E-state index in [2.05, 4.69) is 10.6 Å². The van der Waals surface area contributed by atoms with Gasteiger partial charge in [0, 0.05) is 43.6 Å². The number of amides is 3. The van der Waals surface area contributed by atoms with Gasteiger partial charge in [0.15, 0.2) is 0 Å². The number of likely N-dealkylation sites (tertiary alicyclic amines) is 1. The minimum absolute atomic E-state index is 0.0309. The first-order valence-electron chi connectivity index (χ1n) is 12.3. The van der Waals surface area contributed by atoms with Crippen LogP contribution in [0.15, 0.2) is 66.7 Å². The van der Waals surface area contributed by atoms with Crippen molar-refractivity contribution < 1.29 is 22.8 Å². The van der Waals surface area contributed by atoms with E-state index < -0.39 is 17.0 Å². The largest absolute Gasteiger partial charge is 0.341 e. The number of nitrogens with zero attached hydrogens (tertiary/aromatic N) is 1. The van der Waals surface area contributed by atoms with Crippen LogP contribution in [0.3, 0.4) is 0 Å². The summed E-state index contributed by atoms with van der Waals surface area (Å²) < 4.78 is 41.1. The first-order chi connectivity index (χ1) is 17.7. The normalized spacial score (nSPS) is 18.4. The van der Waals surface area contributed by atoms with Crippen molar-refractivity contribution in [3.63, 3.8) is 0 Å². The molecule has 0 unspecified atom stereocenters. The van der Waals surface area contributed by atoms with E-state index in [1.54, 1.807) is 24.3 Å². The minimum atomic E-state index is -0.630. The molecule has 8 heteroatoms. The Hall–Kier alpha value is -3.81. The van der Waals surface area contributed by atoms with E-state index in [-0.39, 0.29) is 30.2 Å². The van der Waals surface area contributed by atoms with Crippen LogP contribution in [0.25, 0.3) is 11.1 Å². The predicted octanol–water partition coefficient (Wildman–Crippen LogP) is 5.71. The van der Waals surface area contributed by atoms with Gasteiger partial charge in [0.05, 0.1) is 6.04 Å². The summed E-state index contributed by atoms with van der Waals surface area (Å²) >= 11 is 0. The maximum atomic E-state index is 14.2. The Bertz CT molecular complexity index is 1260. The maximum Gasteiger partial charge on any atom is 0.314 e. The second kappa shape index (κ2) is 11.1. The second-order valence-corrected chi connectivity index (χ2v) is 9.48. The summed E-state index contributed by atoms with van der Waals surface area (Å²) in [4.78, 5) is 26.9. The molecule has 1 saturated heterocycles. The lowest BCUT2D eigenvalue weighted by Crippen LogP contribution is -2.48. The van der Waals surface area contributed by atoms with E-state index in [9.17, 15) is 22.8 Å². The number of carbonyl (C=O) groups is 2. The molecule has 3 amide bonds. The van der Waals surface area contributed by atoms with Gasteiger partial charge in [0.1, 0.15) is 17.5 Å². The lowest BCUT2D eigenvalue weighted by molar-refractivity contribution is -0.138. The van der Waals surface area contributed by atoms with Gasteiger partial charge >= 0.3 is 6.03 Å². The van der Waals surface area contributed by atoms with Crippen molar-refractivity contribution in [2.45, 2.75) is 37.6 Å². The molecule has 0 bridgehead atoms. The Kier molecular flexibility index (Phi) is 7.86. The molecule has 2 atom stereocenters. The number of nitrogens with one attached hydrogen (secondary N) is 2. The summed E-state index contributed by atoms with van der Waals surface area (Å²) in [6.45, 7) is 2.82. The SMILES string of the molecule is CNC(=O)NCC[C@]1(c2ccc(F)cc2)CCN([C@@H](C)c2ccc(-c3ccc(F)cc3F)cc2)C(=O)C1. The van der Waals surface area contributed by atoms with Crippen molar-refractivity contribution in [3.8, 4) is 11.1 Å². The van der Waals surface area contributed by atoms with E-state index in [1.807, 2.05) is 24.0 Å². The molecule has 4 rings (SSSR count). The van der Waals surface area contributed by atoms with Gasteiger partial charge in [-0.15, -0.1) is 0 Å². The molecule has 1 fully saturated rings. The first kappa shape index (κ1) is 26.3. The van der Waals surface area contributed by atoms with Crippen LogP contribution >= 0.6 is 0 Å². The third kappa shape index (κ3) is 5.79. The molecule has 3 aromatic rings. The number of urea groups is 1. The highest BCUT2D eigenvalue weighted by atomic mass is 19.1. The maximum absolute atomic E-state index is 14.2. The molecule has 0 aromatic heterocycles. The number of piperidine rings is 1. The zero-order chi connectivity index (χ0) is 26.6. The quantitative estimate of drug-likeness (QED) is 0.429. The Morgan fingerprint density at radius 3 is 2.30 bits per heavy atom. The molecule has 0 saturated carbocycles. The third-order valence-electron chi connectivity index (χ3n) is 7.32. The molecule has 37 heavy (non-hydrogen) atoms. The molecule has 0 aliphatic carbocycles. The van der Waals surface area contributed by atoms with Crippen molar-refractivity contribution >= 4 is 11.9 Å². The molecule has 0 spiro atoms. The molecule has 1 aliphatic rings. The Balaban J connectivity index is 1.51. The Morgan fingerprint density at radius 2 is 1.68 bits per heavy atom. The van der Waals surface area contributed by atoms with Gasteiger partial charge < -0.3 is 15.5 Å². The number of halogens is 3. The summed E-state index contributed by atoms with van der Waals surface area (Å²) in [5, 5.41) is 5.31. The van der Waals surface area contributed by atoms with Gasteiger partial charge in [-0.2, -0.15) is 0 Å². The van der Waals surface area contributed by atoms with Gasteiger partial charge in [-0.3, -0.25) is 4.79 Å². The minimum Gasteiger partial charge on any atom is -0.341 e. The molecule has 1 aliphatic heterocycles. The van der Waals surface area contributed by atoms with Crippen LogP contribution in [0.1, 0.15) is 43.4 Å². The first-order valence-corrected chi connectivity index (χ1v) is 12.3. The van der Waals surface area contributed by atoms with Crippen molar-refractivity contribution in [1.29, 1.82) is 0 Å². The van der Waals surface area contributed by atoms with Crippen molar-refractivity contribution in [2.75, 3.05) is 20.1 Å². The number of hydrogen-bond donors (Lipinski definition) is 2. The number of rotatable bonds is 7. The summed E-state index contributed by atoms with van der Waals surface area (Å²) in [5.74, 6) is -1.63. The fourth-order valence-electron chi connectivity index (χ4n) is 5.10. The van der Waals surface area contributed by atoms with Crippen molar-refractivity contribution in [2.24, 2.45) is 0 Å². The fraction of sp³-hybridized carbons (Fsp3) is 0.310. The van der Waals surface area contributed by atoms with E-state index in [0.717, 1.165) is 17.2 Å². The Labute approximate surface area is 214 Å². The molecule has 2 N–H and O–H groups in total. The molecule has 194 valence electrons. The standard InChI is InChI=1S/C29H30F3N3O2/c1-19(20-3-5-21(6-4-20)25-12-11-24(31)17-26(25)32)35-16-14-29(18-27(35)36,13-15-34-28(37)33-2)22-7-9-23(30)10-8-22/h3-12,17,19H,13-16,18H2,1-2H3,(H2,33,34,37)/t19-,29-/m0/s1.